The van der Waals surface area contributed by atoms with Crippen molar-refractivity contribution in [2.45, 2.75) is 26.3 Å². The average molecular weight is 419 g/mol. The van der Waals surface area contributed by atoms with E-state index in [1.165, 1.54) is 6.20 Å². The molecule has 0 spiro atoms. The summed E-state index contributed by atoms with van der Waals surface area (Å²) in [4.78, 5) is 36.2. The van der Waals surface area contributed by atoms with E-state index in [4.69, 9.17) is 11.5 Å². The fourth-order valence-electron chi connectivity index (χ4n) is 3.08. The maximum atomic E-state index is 11.9. The number of carbonyl (C=O) groups excluding carboxylic acids is 2. The van der Waals surface area contributed by atoms with Crippen LogP contribution in [0.3, 0.4) is 0 Å². The van der Waals surface area contributed by atoms with Crippen molar-refractivity contribution >= 4 is 29.1 Å². The number of primary amides is 2. The molecule has 0 aliphatic carbocycles. The van der Waals surface area contributed by atoms with E-state index in [1.54, 1.807) is 12.4 Å². The van der Waals surface area contributed by atoms with Crippen molar-refractivity contribution in [3.05, 3.63) is 60.7 Å². The van der Waals surface area contributed by atoms with Crippen molar-refractivity contribution in [3.8, 4) is 11.1 Å². The molecule has 6 N–H and O–H groups in total. The molecule has 0 saturated heterocycles. The van der Waals surface area contributed by atoms with Crippen LogP contribution in [0.5, 0.6) is 0 Å². The Bertz CT molecular complexity index is 1070. The Labute approximate surface area is 180 Å². The Morgan fingerprint density at radius 2 is 1.81 bits per heavy atom. The minimum Gasteiger partial charge on any atom is -0.368 e. The van der Waals surface area contributed by atoms with E-state index in [2.05, 4.69) is 25.6 Å². The zero-order chi connectivity index (χ0) is 22.4. The number of carbonyl (C=O) groups is 2. The molecule has 0 fully saturated rings. The molecule has 0 aliphatic rings. The molecule has 2 aromatic heterocycles. The van der Waals surface area contributed by atoms with E-state index in [0.29, 0.717) is 17.9 Å². The minimum absolute atomic E-state index is 0.0145. The highest BCUT2D eigenvalue weighted by Gasteiger charge is 2.19. The number of nitrogens with two attached hydrogens (primary N) is 2. The maximum Gasteiger partial charge on any atom is 0.271 e. The molecule has 9 nitrogen and oxygen atoms in total. The molecule has 9 heteroatoms. The number of benzene rings is 1. The molecule has 1 atom stereocenters. The Balaban J connectivity index is 1.90. The van der Waals surface area contributed by atoms with Crippen molar-refractivity contribution in [3.63, 3.8) is 0 Å². The minimum atomic E-state index is -0.722. The molecule has 0 unspecified atom stereocenters. The zero-order valence-corrected chi connectivity index (χ0v) is 17.4. The van der Waals surface area contributed by atoms with Gasteiger partial charge in [0.2, 0.25) is 5.91 Å². The van der Waals surface area contributed by atoms with Crippen molar-refractivity contribution in [1.29, 1.82) is 0 Å². The Morgan fingerprint density at radius 1 is 1.06 bits per heavy atom. The van der Waals surface area contributed by atoms with Crippen LogP contribution in [0.2, 0.25) is 0 Å². The quantitative estimate of drug-likeness (QED) is 0.416. The number of hydrogen-bond donors (Lipinski definition) is 4. The summed E-state index contributed by atoms with van der Waals surface area (Å²) >= 11 is 0. The second-order valence-electron chi connectivity index (χ2n) is 7.49. The average Bonchev–Trinajstić information content (AvgIpc) is 2.74. The fraction of sp³-hybridized carbons (Fsp3) is 0.227. The third kappa shape index (κ3) is 5.75. The number of amides is 2. The molecule has 1 aromatic carbocycles. The number of nitrogens with zero attached hydrogens (tertiary/aromatic N) is 3. The van der Waals surface area contributed by atoms with Crippen LogP contribution in [-0.2, 0) is 4.79 Å². The third-order valence-corrected chi connectivity index (χ3v) is 4.52. The SMILES string of the molecule is CC(C)C[C@@H](Nc1cnc(C(N)=O)c(Nc2cccc(-c3ccncc3)c2)n1)C(N)=O. The highest BCUT2D eigenvalue weighted by Crippen LogP contribution is 2.25. The number of hydrogen-bond acceptors (Lipinski definition) is 7. The highest BCUT2D eigenvalue weighted by atomic mass is 16.1. The van der Waals surface area contributed by atoms with E-state index in [0.717, 1.165) is 11.1 Å². The molecular weight excluding hydrogens is 394 g/mol. The van der Waals surface area contributed by atoms with Crippen LogP contribution >= 0.6 is 0 Å². The molecular formula is C22H25N7O2. The summed E-state index contributed by atoms with van der Waals surface area (Å²) in [6, 6.07) is 10.8. The van der Waals surface area contributed by atoms with Crippen molar-refractivity contribution in [1.82, 2.24) is 15.0 Å². The predicted molar refractivity (Wildman–Crippen MR) is 120 cm³/mol. The van der Waals surface area contributed by atoms with Crippen LogP contribution in [0.4, 0.5) is 17.3 Å². The summed E-state index contributed by atoms with van der Waals surface area (Å²) in [5.74, 6) is -0.481. The van der Waals surface area contributed by atoms with Crippen molar-refractivity contribution in [2.24, 2.45) is 17.4 Å². The van der Waals surface area contributed by atoms with Crippen LogP contribution in [-0.4, -0.2) is 32.8 Å². The third-order valence-electron chi connectivity index (χ3n) is 4.52. The van der Waals surface area contributed by atoms with E-state index in [9.17, 15) is 9.59 Å². The summed E-state index contributed by atoms with van der Waals surface area (Å²) in [7, 11) is 0. The summed E-state index contributed by atoms with van der Waals surface area (Å²) in [6.45, 7) is 3.98. The molecule has 0 aliphatic heterocycles. The molecule has 3 aromatic rings. The topological polar surface area (TPSA) is 149 Å². The van der Waals surface area contributed by atoms with Crippen LogP contribution in [0, 0.1) is 5.92 Å². The number of aromatic nitrogens is 3. The summed E-state index contributed by atoms with van der Waals surface area (Å²) in [5.41, 5.74) is 13.6. The van der Waals surface area contributed by atoms with Crippen molar-refractivity contribution in [2.75, 3.05) is 10.6 Å². The van der Waals surface area contributed by atoms with Gasteiger partial charge in [-0.05, 0) is 47.7 Å². The second-order valence-corrected chi connectivity index (χ2v) is 7.49. The molecule has 2 heterocycles. The van der Waals surface area contributed by atoms with Gasteiger partial charge in [0.25, 0.3) is 5.91 Å². The number of anilines is 3. The van der Waals surface area contributed by atoms with E-state index in [1.807, 2.05) is 50.2 Å². The van der Waals surface area contributed by atoms with Gasteiger partial charge in [0.1, 0.15) is 11.9 Å². The zero-order valence-electron chi connectivity index (χ0n) is 17.4. The van der Waals surface area contributed by atoms with Gasteiger partial charge in [-0.25, -0.2) is 9.97 Å². The van der Waals surface area contributed by atoms with Gasteiger partial charge in [-0.15, -0.1) is 0 Å². The number of pyridine rings is 1. The van der Waals surface area contributed by atoms with E-state index < -0.39 is 17.9 Å². The van der Waals surface area contributed by atoms with E-state index in [-0.39, 0.29) is 17.4 Å². The van der Waals surface area contributed by atoms with Gasteiger partial charge in [0, 0.05) is 18.1 Å². The van der Waals surface area contributed by atoms with Crippen LogP contribution < -0.4 is 22.1 Å². The Morgan fingerprint density at radius 3 is 2.45 bits per heavy atom. The first kappa shape index (κ1) is 21.7. The summed E-state index contributed by atoms with van der Waals surface area (Å²) < 4.78 is 0. The molecule has 0 bridgehead atoms. The predicted octanol–water partition coefficient (Wildman–Crippen LogP) is 2.69. The van der Waals surface area contributed by atoms with Crippen LogP contribution in [0.1, 0.15) is 30.8 Å². The maximum absolute atomic E-state index is 11.9. The molecule has 3 rings (SSSR count). The number of nitrogens with one attached hydrogen (secondary N) is 2. The van der Waals surface area contributed by atoms with Gasteiger partial charge < -0.3 is 22.1 Å². The Kier molecular flexibility index (Phi) is 6.76. The van der Waals surface area contributed by atoms with E-state index >= 15 is 0 Å². The lowest BCUT2D eigenvalue weighted by Crippen LogP contribution is -2.37. The standard InChI is InChI=1S/C22H25N7O2/c1-13(2)10-17(20(23)30)28-18-12-26-19(21(24)31)22(29-18)27-16-5-3-4-15(11-16)14-6-8-25-9-7-14/h3-9,11-13,17H,10H2,1-2H3,(H2,23,30)(H2,24,31)(H2,27,28,29)/t17-/m1/s1. The first-order valence-electron chi connectivity index (χ1n) is 9.83. The van der Waals surface area contributed by atoms with Gasteiger partial charge in [0.05, 0.1) is 6.20 Å². The lowest BCUT2D eigenvalue weighted by molar-refractivity contribution is -0.119. The summed E-state index contributed by atoms with van der Waals surface area (Å²) in [6.07, 6.45) is 5.32. The van der Waals surface area contributed by atoms with Gasteiger partial charge in [0.15, 0.2) is 11.5 Å². The second kappa shape index (κ2) is 9.66. The lowest BCUT2D eigenvalue weighted by Gasteiger charge is -2.19. The first-order chi connectivity index (χ1) is 14.8. The summed E-state index contributed by atoms with van der Waals surface area (Å²) in [5, 5.41) is 6.09. The first-order valence-corrected chi connectivity index (χ1v) is 9.83. The molecule has 2 amide bonds. The van der Waals surface area contributed by atoms with Gasteiger partial charge in [-0.1, -0.05) is 26.0 Å². The largest absolute Gasteiger partial charge is 0.368 e. The Hall–Kier alpha value is -4.01. The fourth-order valence-corrected chi connectivity index (χ4v) is 3.08. The molecule has 160 valence electrons. The smallest absolute Gasteiger partial charge is 0.271 e. The monoisotopic (exact) mass is 419 g/mol. The van der Waals surface area contributed by atoms with Gasteiger partial charge >= 0.3 is 0 Å². The lowest BCUT2D eigenvalue weighted by atomic mass is 10.0. The molecule has 31 heavy (non-hydrogen) atoms. The number of rotatable bonds is 9. The molecule has 0 saturated carbocycles. The van der Waals surface area contributed by atoms with Crippen LogP contribution in [0.25, 0.3) is 11.1 Å². The van der Waals surface area contributed by atoms with Gasteiger partial charge in [-0.2, -0.15) is 0 Å². The normalized spacial score (nSPS) is 11.7. The van der Waals surface area contributed by atoms with Crippen molar-refractivity contribution < 1.29 is 9.59 Å². The highest BCUT2D eigenvalue weighted by molar-refractivity contribution is 5.96. The van der Waals surface area contributed by atoms with Gasteiger partial charge in [-0.3, -0.25) is 14.6 Å². The molecule has 0 radical (unpaired) electrons. The van der Waals surface area contributed by atoms with Crippen LogP contribution in [0.15, 0.2) is 55.0 Å².